The van der Waals surface area contributed by atoms with Crippen LogP contribution >= 0.6 is 0 Å². The number of likely N-dealkylation sites (tertiary alicyclic amines) is 1. The Bertz CT molecular complexity index is 466. The molecule has 102 valence electrons. The topological polar surface area (TPSA) is 41.9 Å². The zero-order valence-corrected chi connectivity index (χ0v) is 10.9. The van der Waals surface area contributed by atoms with Crippen molar-refractivity contribution < 1.29 is 14.6 Å². The van der Waals surface area contributed by atoms with E-state index < -0.39 is 6.10 Å². The smallest absolute Gasteiger partial charge is 0.169 e. The molecule has 19 heavy (non-hydrogen) atoms. The van der Waals surface area contributed by atoms with Crippen LogP contribution in [-0.4, -0.2) is 29.6 Å². The molecule has 1 atom stereocenters. The van der Waals surface area contributed by atoms with Crippen molar-refractivity contribution in [2.45, 2.75) is 25.4 Å². The number of ether oxygens (including phenoxy) is 2. The van der Waals surface area contributed by atoms with E-state index in [0.717, 1.165) is 18.5 Å². The summed E-state index contributed by atoms with van der Waals surface area (Å²) in [5.41, 5.74) is 0.886. The Hall–Kier alpha value is -1.52. The largest absolute Gasteiger partial charge is 0.458 e. The van der Waals surface area contributed by atoms with Gasteiger partial charge in [0.05, 0.1) is 6.10 Å². The fraction of sp³-hybridized carbons (Fsp3) is 0.467. The molecule has 1 unspecified atom stereocenters. The highest BCUT2D eigenvalue weighted by Crippen LogP contribution is 2.33. The van der Waals surface area contributed by atoms with Gasteiger partial charge in [-0.2, -0.15) is 0 Å². The number of benzene rings is 1. The first-order valence-electron chi connectivity index (χ1n) is 6.85. The highest BCUT2D eigenvalue weighted by atomic mass is 16.5. The van der Waals surface area contributed by atoms with Gasteiger partial charge in [-0.05, 0) is 50.0 Å². The van der Waals surface area contributed by atoms with Crippen molar-refractivity contribution in [1.29, 1.82) is 0 Å². The van der Waals surface area contributed by atoms with Gasteiger partial charge in [-0.25, -0.2) is 0 Å². The number of nitrogens with zero attached hydrogens (tertiary/aromatic N) is 1. The van der Waals surface area contributed by atoms with E-state index in [4.69, 9.17) is 9.47 Å². The highest BCUT2D eigenvalue weighted by Gasteiger charge is 2.16. The number of rotatable bonds is 4. The Morgan fingerprint density at radius 1 is 1.11 bits per heavy atom. The van der Waals surface area contributed by atoms with Gasteiger partial charge in [0, 0.05) is 6.54 Å². The first-order chi connectivity index (χ1) is 9.33. The van der Waals surface area contributed by atoms with Crippen LogP contribution in [0.4, 0.5) is 0 Å². The molecular formula is C15H19NO3. The van der Waals surface area contributed by atoms with E-state index in [1.54, 1.807) is 0 Å². The van der Waals surface area contributed by atoms with Crippen LogP contribution in [0, 0.1) is 0 Å². The number of aliphatic hydroxyl groups is 1. The van der Waals surface area contributed by atoms with Crippen LogP contribution < -0.4 is 9.47 Å². The molecule has 1 saturated heterocycles. The van der Waals surface area contributed by atoms with Crippen molar-refractivity contribution in [1.82, 2.24) is 4.90 Å². The summed E-state index contributed by atoms with van der Waals surface area (Å²) in [5.74, 6) is 1.36. The summed E-state index contributed by atoms with van der Waals surface area (Å²) in [7, 11) is 0. The van der Waals surface area contributed by atoms with Crippen molar-refractivity contribution in [2.24, 2.45) is 0 Å². The third kappa shape index (κ3) is 2.91. The lowest BCUT2D eigenvalue weighted by Crippen LogP contribution is -2.22. The summed E-state index contributed by atoms with van der Waals surface area (Å²) < 4.78 is 10.7. The molecule has 0 aliphatic carbocycles. The Kier molecular flexibility index (Phi) is 3.71. The molecular weight excluding hydrogens is 242 g/mol. The average molecular weight is 261 g/mol. The molecule has 1 fully saturated rings. The van der Waals surface area contributed by atoms with Crippen LogP contribution in [-0.2, 0) is 0 Å². The fourth-order valence-corrected chi connectivity index (χ4v) is 2.60. The Morgan fingerprint density at radius 2 is 1.84 bits per heavy atom. The highest BCUT2D eigenvalue weighted by molar-refractivity contribution is 5.45. The van der Waals surface area contributed by atoms with E-state index in [0.29, 0.717) is 11.5 Å². The Labute approximate surface area is 113 Å². The second-order valence-corrected chi connectivity index (χ2v) is 5.07. The van der Waals surface area contributed by atoms with Crippen LogP contribution in [0.3, 0.4) is 0 Å². The maximum absolute atomic E-state index is 10.2. The Balaban J connectivity index is 1.61. The molecule has 1 aromatic carbocycles. The van der Waals surface area contributed by atoms with Gasteiger partial charge >= 0.3 is 0 Å². The number of hydrogen-bond acceptors (Lipinski definition) is 4. The lowest BCUT2D eigenvalue weighted by Gasteiger charge is -2.19. The minimum Gasteiger partial charge on any atom is -0.458 e. The van der Waals surface area contributed by atoms with Crippen LogP contribution in [0.2, 0.25) is 0 Å². The van der Waals surface area contributed by atoms with Crippen molar-refractivity contribution in [2.75, 3.05) is 19.6 Å². The van der Waals surface area contributed by atoms with Gasteiger partial charge in [0.1, 0.15) is 12.5 Å². The van der Waals surface area contributed by atoms with Crippen LogP contribution in [0.25, 0.3) is 0 Å². The SMILES string of the molecule is OC(CCN1CCCC1)c1ccc2c(c1)OC=CO2. The van der Waals surface area contributed by atoms with Crippen LogP contribution in [0.1, 0.15) is 30.9 Å². The third-order valence-electron chi connectivity index (χ3n) is 3.72. The fourth-order valence-electron chi connectivity index (χ4n) is 2.60. The van der Waals surface area contributed by atoms with Crippen molar-refractivity contribution in [3.8, 4) is 11.5 Å². The van der Waals surface area contributed by atoms with E-state index >= 15 is 0 Å². The molecule has 2 heterocycles. The van der Waals surface area contributed by atoms with Gasteiger partial charge in [-0.1, -0.05) is 6.07 Å². The molecule has 3 rings (SSSR count). The van der Waals surface area contributed by atoms with Crippen molar-refractivity contribution >= 4 is 0 Å². The lowest BCUT2D eigenvalue weighted by atomic mass is 10.1. The predicted molar refractivity (Wildman–Crippen MR) is 72.1 cm³/mol. The summed E-state index contributed by atoms with van der Waals surface area (Å²) in [6.07, 6.45) is 5.89. The minimum atomic E-state index is -0.444. The summed E-state index contributed by atoms with van der Waals surface area (Å²) >= 11 is 0. The Morgan fingerprint density at radius 3 is 2.63 bits per heavy atom. The van der Waals surface area contributed by atoms with Gasteiger partial charge < -0.3 is 19.5 Å². The van der Waals surface area contributed by atoms with E-state index in [-0.39, 0.29) is 0 Å². The summed E-state index contributed by atoms with van der Waals surface area (Å²) in [4.78, 5) is 2.41. The zero-order valence-electron chi connectivity index (χ0n) is 10.9. The molecule has 0 aromatic heterocycles. The van der Waals surface area contributed by atoms with Crippen molar-refractivity contribution in [3.63, 3.8) is 0 Å². The van der Waals surface area contributed by atoms with E-state index in [2.05, 4.69) is 4.90 Å². The molecule has 4 nitrogen and oxygen atoms in total. The first kappa shape index (κ1) is 12.5. The quantitative estimate of drug-likeness (QED) is 0.904. The second kappa shape index (κ2) is 5.63. The molecule has 0 radical (unpaired) electrons. The van der Waals surface area contributed by atoms with Crippen LogP contribution in [0.15, 0.2) is 30.7 Å². The van der Waals surface area contributed by atoms with E-state index in [1.165, 1.54) is 38.5 Å². The van der Waals surface area contributed by atoms with Gasteiger partial charge in [0.25, 0.3) is 0 Å². The normalized spacial score (nSPS) is 19.6. The maximum Gasteiger partial charge on any atom is 0.169 e. The van der Waals surface area contributed by atoms with Gasteiger partial charge in [0.2, 0.25) is 0 Å². The molecule has 4 heteroatoms. The second-order valence-electron chi connectivity index (χ2n) is 5.07. The minimum absolute atomic E-state index is 0.444. The molecule has 0 spiro atoms. The third-order valence-corrected chi connectivity index (χ3v) is 3.72. The molecule has 0 amide bonds. The summed E-state index contributed by atoms with van der Waals surface area (Å²) in [5, 5.41) is 10.2. The molecule has 0 saturated carbocycles. The molecule has 1 aromatic rings. The maximum atomic E-state index is 10.2. The predicted octanol–water partition coefficient (Wildman–Crippen LogP) is 2.45. The standard InChI is InChI=1S/C15H19NO3/c17-13(5-8-16-6-1-2-7-16)12-3-4-14-15(11-12)19-10-9-18-14/h3-4,9-11,13,17H,1-2,5-8H2. The van der Waals surface area contributed by atoms with Crippen LogP contribution in [0.5, 0.6) is 11.5 Å². The van der Waals surface area contributed by atoms with Gasteiger partial charge in [-0.15, -0.1) is 0 Å². The number of fused-ring (bicyclic) bond motifs is 1. The van der Waals surface area contributed by atoms with Gasteiger partial charge in [-0.3, -0.25) is 0 Å². The van der Waals surface area contributed by atoms with E-state index in [9.17, 15) is 5.11 Å². The lowest BCUT2D eigenvalue weighted by molar-refractivity contribution is 0.148. The summed E-state index contributed by atoms with van der Waals surface area (Å²) in [6, 6.07) is 5.59. The average Bonchev–Trinajstić information content (AvgIpc) is 2.97. The first-order valence-corrected chi connectivity index (χ1v) is 6.85. The van der Waals surface area contributed by atoms with E-state index in [1.807, 2.05) is 18.2 Å². The summed E-state index contributed by atoms with van der Waals surface area (Å²) in [6.45, 7) is 3.28. The monoisotopic (exact) mass is 261 g/mol. The molecule has 1 N–H and O–H groups in total. The molecule has 2 aliphatic heterocycles. The van der Waals surface area contributed by atoms with Gasteiger partial charge in [0.15, 0.2) is 11.5 Å². The molecule has 0 bridgehead atoms. The number of hydrogen-bond donors (Lipinski definition) is 1. The van der Waals surface area contributed by atoms with Crippen molar-refractivity contribution in [3.05, 3.63) is 36.3 Å². The molecule has 2 aliphatic rings. The number of aliphatic hydroxyl groups excluding tert-OH is 1. The zero-order chi connectivity index (χ0) is 13.1.